The lowest BCUT2D eigenvalue weighted by atomic mass is 9.79. The summed E-state index contributed by atoms with van der Waals surface area (Å²) in [6.45, 7) is 4.51. The molecule has 1 aromatic carbocycles. The van der Waals surface area contributed by atoms with Gasteiger partial charge >= 0.3 is 0 Å². The lowest BCUT2D eigenvalue weighted by Gasteiger charge is -2.46. The molecule has 3 atom stereocenters. The van der Waals surface area contributed by atoms with Crippen molar-refractivity contribution in [2.45, 2.75) is 38.3 Å². The van der Waals surface area contributed by atoms with Crippen LogP contribution in [0.1, 0.15) is 31.2 Å². The number of aromatic nitrogens is 1. The molecule has 1 amide bonds. The summed E-state index contributed by atoms with van der Waals surface area (Å²) < 4.78 is 0. The first-order valence-corrected chi connectivity index (χ1v) is 10.5. The standard InChI is InChI=1S/C23H30N4O/c28-23(26-21-8-5-11-24-14-21)10-4-9-22-20-12-19(13-25-22)16-27(17-20)15-18-6-2-1-3-7-18/h1-3,5-8,11,14,19-20,22,25H,4,9-10,12-13,15-17H2,(H,26,28)/t19?,20?,22-/m1/s1. The van der Waals surface area contributed by atoms with Gasteiger partial charge in [0.05, 0.1) is 11.9 Å². The average Bonchev–Trinajstić information content (AvgIpc) is 2.71. The highest BCUT2D eigenvalue weighted by Gasteiger charge is 2.35. The Labute approximate surface area is 167 Å². The van der Waals surface area contributed by atoms with E-state index in [9.17, 15) is 4.79 Å². The Kier molecular flexibility index (Phi) is 6.34. The summed E-state index contributed by atoms with van der Waals surface area (Å²) in [6.07, 6.45) is 7.27. The van der Waals surface area contributed by atoms with Gasteiger partial charge < -0.3 is 10.6 Å². The Morgan fingerprint density at radius 3 is 2.89 bits per heavy atom. The van der Waals surface area contributed by atoms with E-state index in [0.29, 0.717) is 18.4 Å². The van der Waals surface area contributed by atoms with Crippen LogP contribution < -0.4 is 10.6 Å². The molecular formula is C23H30N4O. The highest BCUT2D eigenvalue weighted by atomic mass is 16.1. The summed E-state index contributed by atoms with van der Waals surface area (Å²) in [5.74, 6) is 1.53. The number of pyridine rings is 1. The molecule has 2 aliphatic heterocycles. The maximum atomic E-state index is 12.2. The second-order valence-corrected chi connectivity index (χ2v) is 8.24. The Morgan fingerprint density at radius 1 is 1.18 bits per heavy atom. The third-order valence-corrected chi connectivity index (χ3v) is 6.00. The van der Waals surface area contributed by atoms with E-state index >= 15 is 0 Å². The largest absolute Gasteiger partial charge is 0.325 e. The van der Waals surface area contributed by atoms with Gasteiger partial charge in [0.2, 0.25) is 5.91 Å². The second-order valence-electron chi connectivity index (χ2n) is 8.24. The Hall–Kier alpha value is -2.24. The summed E-state index contributed by atoms with van der Waals surface area (Å²) in [5.41, 5.74) is 2.18. The number of piperidine rings is 2. The second kappa shape index (κ2) is 9.30. The molecule has 0 aliphatic carbocycles. The molecule has 2 bridgehead atoms. The van der Waals surface area contributed by atoms with Gasteiger partial charge in [0, 0.05) is 38.3 Å². The van der Waals surface area contributed by atoms with Crippen molar-refractivity contribution < 1.29 is 4.79 Å². The van der Waals surface area contributed by atoms with Crippen LogP contribution in [-0.4, -0.2) is 41.5 Å². The van der Waals surface area contributed by atoms with E-state index in [1.54, 1.807) is 12.4 Å². The quantitative estimate of drug-likeness (QED) is 0.776. The van der Waals surface area contributed by atoms with Crippen molar-refractivity contribution in [2.24, 2.45) is 11.8 Å². The molecule has 28 heavy (non-hydrogen) atoms. The summed E-state index contributed by atoms with van der Waals surface area (Å²) in [7, 11) is 0. The van der Waals surface area contributed by atoms with Gasteiger partial charge in [-0.3, -0.25) is 14.7 Å². The highest BCUT2D eigenvalue weighted by molar-refractivity contribution is 5.90. The van der Waals surface area contributed by atoms with E-state index in [2.05, 4.69) is 50.8 Å². The van der Waals surface area contributed by atoms with Crippen molar-refractivity contribution in [3.8, 4) is 0 Å². The molecule has 2 aliphatic rings. The van der Waals surface area contributed by atoms with Crippen molar-refractivity contribution in [1.29, 1.82) is 0 Å². The van der Waals surface area contributed by atoms with Crippen molar-refractivity contribution in [2.75, 3.05) is 25.0 Å². The molecule has 2 aromatic rings. The Balaban J connectivity index is 1.23. The Bertz CT molecular complexity index is 752. The third kappa shape index (κ3) is 5.18. The fourth-order valence-electron chi connectivity index (χ4n) is 4.72. The van der Waals surface area contributed by atoms with Gasteiger partial charge in [0.25, 0.3) is 0 Å². The number of fused-ring (bicyclic) bond motifs is 2. The van der Waals surface area contributed by atoms with Gasteiger partial charge in [-0.1, -0.05) is 30.3 Å². The number of carbonyl (C=O) groups is 1. The maximum Gasteiger partial charge on any atom is 0.224 e. The average molecular weight is 379 g/mol. The van der Waals surface area contributed by atoms with Crippen LogP contribution in [0.15, 0.2) is 54.9 Å². The summed E-state index contributed by atoms with van der Waals surface area (Å²) in [4.78, 5) is 18.8. The normalized spacial score (nSPS) is 24.6. The molecule has 5 nitrogen and oxygen atoms in total. The van der Waals surface area contributed by atoms with Crippen LogP contribution >= 0.6 is 0 Å². The van der Waals surface area contributed by atoms with Crippen LogP contribution in [0, 0.1) is 11.8 Å². The maximum absolute atomic E-state index is 12.2. The number of hydrogen-bond donors (Lipinski definition) is 2. The van der Waals surface area contributed by atoms with Crippen molar-refractivity contribution in [3.63, 3.8) is 0 Å². The van der Waals surface area contributed by atoms with E-state index in [4.69, 9.17) is 0 Å². The number of nitrogens with one attached hydrogen (secondary N) is 2. The molecule has 3 heterocycles. The van der Waals surface area contributed by atoms with E-state index < -0.39 is 0 Å². The van der Waals surface area contributed by atoms with Crippen LogP contribution in [0.4, 0.5) is 5.69 Å². The molecule has 0 spiro atoms. The summed E-state index contributed by atoms with van der Waals surface area (Å²) >= 11 is 0. The van der Waals surface area contributed by atoms with E-state index in [0.717, 1.165) is 44.1 Å². The number of hydrogen-bond acceptors (Lipinski definition) is 4. The van der Waals surface area contributed by atoms with Gasteiger partial charge in [-0.2, -0.15) is 0 Å². The highest BCUT2D eigenvalue weighted by Crippen LogP contribution is 2.31. The number of anilines is 1. The monoisotopic (exact) mass is 378 g/mol. The molecule has 0 radical (unpaired) electrons. The topological polar surface area (TPSA) is 57.3 Å². The molecule has 2 saturated heterocycles. The van der Waals surface area contributed by atoms with Crippen LogP contribution in [0.5, 0.6) is 0 Å². The van der Waals surface area contributed by atoms with Crippen LogP contribution in [0.3, 0.4) is 0 Å². The smallest absolute Gasteiger partial charge is 0.224 e. The van der Waals surface area contributed by atoms with Gasteiger partial charge in [0.1, 0.15) is 0 Å². The number of benzene rings is 1. The Morgan fingerprint density at radius 2 is 2.07 bits per heavy atom. The number of amides is 1. The predicted molar refractivity (Wildman–Crippen MR) is 112 cm³/mol. The third-order valence-electron chi connectivity index (χ3n) is 6.00. The number of likely N-dealkylation sites (tertiary alicyclic amines) is 1. The zero-order chi connectivity index (χ0) is 19.2. The lowest BCUT2D eigenvalue weighted by molar-refractivity contribution is -0.116. The number of nitrogens with zero attached hydrogens (tertiary/aromatic N) is 2. The van der Waals surface area contributed by atoms with Crippen LogP contribution in [0.25, 0.3) is 0 Å². The predicted octanol–water partition coefficient (Wildman–Crippen LogP) is 3.30. The first-order valence-electron chi connectivity index (χ1n) is 10.5. The summed E-state index contributed by atoms with van der Waals surface area (Å²) in [5, 5.41) is 6.69. The van der Waals surface area contributed by atoms with E-state index in [1.807, 2.05) is 12.1 Å². The molecule has 2 N–H and O–H groups in total. The zero-order valence-electron chi connectivity index (χ0n) is 16.4. The van der Waals surface area contributed by atoms with Crippen molar-refractivity contribution in [1.82, 2.24) is 15.2 Å². The van der Waals surface area contributed by atoms with Gasteiger partial charge in [-0.25, -0.2) is 0 Å². The minimum absolute atomic E-state index is 0.0797. The molecule has 4 rings (SSSR count). The lowest BCUT2D eigenvalue weighted by Crippen LogP contribution is -2.55. The molecule has 1 aromatic heterocycles. The fourth-order valence-corrected chi connectivity index (χ4v) is 4.72. The first kappa shape index (κ1) is 19.1. The van der Waals surface area contributed by atoms with Gasteiger partial charge in [-0.05, 0) is 55.3 Å². The molecule has 2 fully saturated rings. The minimum Gasteiger partial charge on any atom is -0.325 e. The molecular weight excluding hydrogens is 348 g/mol. The van der Waals surface area contributed by atoms with Crippen molar-refractivity contribution in [3.05, 3.63) is 60.4 Å². The first-order chi connectivity index (χ1) is 13.8. The van der Waals surface area contributed by atoms with E-state index in [1.165, 1.54) is 18.5 Å². The minimum atomic E-state index is 0.0797. The van der Waals surface area contributed by atoms with Gasteiger partial charge in [-0.15, -0.1) is 0 Å². The molecule has 0 saturated carbocycles. The fraction of sp³-hybridized carbons (Fsp3) is 0.478. The summed E-state index contributed by atoms with van der Waals surface area (Å²) in [6, 6.07) is 15.0. The van der Waals surface area contributed by atoms with Crippen LogP contribution in [-0.2, 0) is 11.3 Å². The van der Waals surface area contributed by atoms with Crippen molar-refractivity contribution >= 4 is 11.6 Å². The van der Waals surface area contributed by atoms with Gasteiger partial charge in [0.15, 0.2) is 0 Å². The molecule has 148 valence electrons. The van der Waals surface area contributed by atoms with E-state index in [-0.39, 0.29) is 5.91 Å². The number of carbonyl (C=O) groups excluding carboxylic acids is 1. The molecule has 2 unspecified atom stereocenters. The molecule has 5 heteroatoms. The SMILES string of the molecule is O=C(CCC[C@H]1NCC2CC1CN(Cc1ccccc1)C2)Nc1cccnc1. The number of rotatable bonds is 7. The van der Waals surface area contributed by atoms with Crippen LogP contribution in [0.2, 0.25) is 0 Å². The zero-order valence-corrected chi connectivity index (χ0v) is 16.4.